The second kappa shape index (κ2) is 9.46. The van der Waals surface area contributed by atoms with Gasteiger partial charge in [0.05, 0.1) is 17.9 Å². The number of rotatable bonds is 7. The summed E-state index contributed by atoms with van der Waals surface area (Å²) in [6.07, 6.45) is 0.103. The lowest BCUT2D eigenvalue weighted by molar-refractivity contribution is -0.145. The first kappa shape index (κ1) is 21.6. The Kier molecular flexibility index (Phi) is 7.56. The number of hydrogen-bond donors (Lipinski definition) is 1. The smallest absolute Gasteiger partial charge is 0.307 e. The molecule has 1 fully saturated rings. The minimum Gasteiger partial charge on any atom is -0.465 e. The van der Waals surface area contributed by atoms with E-state index in [2.05, 4.69) is 19.2 Å². The number of hydrogen-bond acceptors (Lipinski definition) is 5. The van der Waals surface area contributed by atoms with Crippen LogP contribution in [0.15, 0.2) is 41.3 Å². The Morgan fingerprint density at radius 3 is 2.74 bits per heavy atom. The Labute approximate surface area is 169 Å². The molecule has 0 N–H and O–H groups in total. The number of halogens is 1. The molecule has 27 heavy (non-hydrogen) atoms. The zero-order valence-corrected chi connectivity index (χ0v) is 17.4. The molecule has 0 radical (unpaired) electrons. The van der Waals surface area contributed by atoms with Gasteiger partial charge in [-0.1, -0.05) is 44.3 Å². The Hall–Kier alpha value is -1.73. The average molecular weight is 410 g/mol. The number of thiol groups is 1. The Bertz CT molecular complexity index is 776. The number of ether oxygens (including phenoxy) is 1. The highest BCUT2D eigenvalue weighted by atomic mass is 32.2. The molecule has 1 aliphatic rings. The SMILES string of the molecule is C=C(C)/C(=C1/SC(S)N(CCC(=O)OCC(C)C)C1=O)c1cccc(F)c1. The molecular formula is C20H24FNO3S2. The van der Waals surface area contributed by atoms with E-state index in [0.717, 1.165) is 0 Å². The standard InChI is InChI=1S/C20H24FNO3S2/c1-12(2)11-25-16(23)8-9-22-19(24)18(27-20(22)26)17(13(3)4)14-6-5-7-15(21)10-14/h5-7,10,12,20,26H,3,8-9,11H2,1-2,4H3/b18-17-. The van der Waals surface area contributed by atoms with Gasteiger partial charge in [-0.15, -0.1) is 12.6 Å². The second-order valence-corrected chi connectivity index (χ2v) is 8.69. The minimum atomic E-state index is -0.423. The molecule has 146 valence electrons. The van der Waals surface area contributed by atoms with Crippen molar-refractivity contribution in [3.8, 4) is 0 Å². The van der Waals surface area contributed by atoms with Crippen LogP contribution in [0.25, 0.3) is 5.57 Å². The van der Waals surface area contributed by atoms with Crippen molar-refractivity contribution in [1.29, 1.82) is 0 Å². The molecule has 2 rings (SSSR count). The van der Waals surface area contributed by atoms with Crippen molar-refractivity contribution >= 4 is 41.8 Å². The summed E-state index contributed by atoms with van der Waals surface area (Å²) in [5.74, 6) is -0.701. The molecule has 1 aromatic carbocycles. The zero-order chi connectivity index (χ0) is 20.1. The summed E-state index contributed by atoms with van der Waals surface area (Å²) in [5, 5.41) is 0. The molecule has 1 heterocycles. The average Bonchev–Trinajstić information content (AvgIpc) is 2.85. The molecule has 1 atom stereocenters. The van der Waals surface area contributed by atoms with E-state index in [1.165, 1.54) is 28.8 Å². The van der Waals surface area contributed by atoms with Crippen molar-refractivity contribution in [2.45, 2.75) is 31.9 Å². The molecular weight excluding hydrogens is 385 g/mol. The van der Waals surface area contributed by atoms with Gasteiger partial charge in [0.1, 0.15) is 10.5 Å². The Morgan fingerprint density at radius 2 is 2.15 bits per heavy atom. The number of benzene rings is 1. The van der Waals surface area contributed by atoms with E-state index in [9.17, 15) is 14.0 Å². The maximum Gasteiger partial charge on any atom is 0.307 e. The first-order valence-electron chi connectivity index (χ1n) is 8.68. The molecule has 4 nitrogen and oxygen atoms in total. The summed E-state index contributed by atoms with van der Waals surface area (Å²) in [5.41, 5.74) is 1.86. The van der Waals surface area contributed by atoms with Crippen molar-refractivity contribution in [2.24, 2.45) is 5.92 Å². The van der Waals surface area contributed by atoms with Crippen LogP contribution in [0.2, 0.25) is 0 Å². The van der Waals surface area contributed by atoms with E-state index < -0.39 is 4.71 Å². The van der Waals surface area contributed by atoms with Crippen LogP contribution in [-0.4, -0.2) is 34.6 Å². The second-order valence-electron chi connectivity index (χ2n) is 6.76. The maximum absolute atomic E-state index is 13.6. The lowest BCUT2D eigenvalue weighted by atomic mass is 9.99. The highest BCUT2D eigenvalue weighted by Crippen LogP contribution is 2.43. The molecule has 0 aliphatic carbocycles. The summed E-state index contributed by atoms with van der Waals surface area (Å²) in [6.45, 7) is 10.2. The van der Waals surface area contributed by atoms with Gasteiger partial charge >= 0.3 is 5.97 Å². The van der Waals surface area contributed by atoms with Crippen LogP contribution >= 0.6 is 24.4 Å². The number of allylic oxidation sites excluding steroid dienone is 2. The van der Waals surface area contributed by atoms with Gasteiger partial charge in [-0.3, -0.25) is 9.59 Å². The third-order valence-electron chi connectivity index (χ3n) is 3.85. The quantitative estimate of drug-likeness (QED) is 0.409. The van der Waals surface area contributed by atoms with Gasteiger partial charge in [-0.2, -0.15) is 0 Å². The number of esters is 1. The van der Waals surface area contributed by atoms with Gasteiger partial charge in [-0.25, -0.2) is 4.39 Å². The lowest BCUT2D eigenvalue weighted by Crippen LogP contribution is -2.32. The van der Waals surface area contributed by atoms with E-state index in [1.807, 2.05) is 13.8 Å². The van der Waals surface area contributed by atoms with Gasteiger partial charge < -0.3 is 9.64 Å². The number of amides is 1. The van der Waals surface area contributed by atoms with Crippen LogP contribution in [0.3, 0.4) is 0 Å². The molecule has 0 spiro atoms. The van der Waals surface area contributed by atoms with E-state index in [1.54, 1.807) is 19.1 Å². The maximum atomic E-state index is 13.6. The van der Waals surface area contributed by atoms with Crippen LogP contribution in [-0.2, 0) is 14.3 Å². The normalized spacial score (nSPS) is 18.8. The largest absolute Gasteiger partial charge is 0.465 e. The third-order valence-corrected chi connectivity index (χ3v) is 5.52. The van der Waals surface area contributed by atoms with E-state index in [0.29, 0.717) is 28.2 Å². The van der Waals surface area contributed by atoms with Crippen LogP contribution in [0, 0.1) is 11.7 Å². The molecule has 7 heteroatoms. The zero-order valence-electron chi connectivity index (χ0n) is 15.7. The summed E-state index contributed by atoms with van der Waals surface area (Å²) in [4.78, 5) is 26.7. The van der Waals surface area contributed by atoms with Gasteiger partial charge in [0.2, 0.25) is 0 Å². The topological polar surface area (TPSA) is 46.6 Å². The van der Waals surface area contributed by atoms with Crippen molar-refractivity contribution in [3.05, 3.63) is 52.7 Å². The van der Waals surface area contributed by atoms with Crippen molar-refractivity contribution in [1.82, 2.24) is 4.90 Å². The van der Waals surface area contributed by atoms with E-state index >= 15 is 0 Å². The van der Waals surface area contributed by atoms with Crippen molar-refractivity contribution in [2.75, 3.05) is 13.2 Å². The molecule has 1 unspecified atom stereocenters. The highest BCUT2D eigenvalue weighted by molar-refractivity contribution is 8.14. The van der Waals surface area contributed by atoms with Crippen molar-refractivity contribution < 1.29 is 18.7 Å². The van der Waals surface area contributed by atoms with Crippen molar-refractivity contribution in [3.63, 3.8) is 0 Å². The number of nitrogens with zero attached hydrogens (tertiary/aromatic N) is 1. The van der Waals surface area contributed by atoms with Crippen LogP contribution in [0.1, 0.15) is 32.8 Å². The fraction of sp³-hybridized carbons (Fsp3) is 0.400. The molecule has 0 aromatic heterocycles. The molecule has 1 aromatic rings. The summed E-state index contributed by atoms with van der Waals surface area (Å²) in [6, 6.07) is 6.07. The summed E-state index contributed by atoms with van der Waals surface area (Å²) < 4.78 is 18.4. The predicted octanol–water partition coefficient (Wildman–Crippen LogP) is 4.49. The Balaban J connectivity index is 2.19. The summed E-state index contributed by atoms with van der Waals surface area (Å²) in [7, 11) is 0. The number of carbonyl (C=O) groups excluding carboxylic acids is 2. The van der Waals surface area contributed by atoms with E-state index in [-0.39, 0.29) is 36.6 Å². The molecule has 0 bridgehead atoms. The fourth-order valence-corrected chi connectivity index (χ4v) is 4.29. The van der Waals surface area contributed by atoms with Gasteiger partial charge in [0, 0.05) is 12.1 Å². The Morgan fingerprint density at radius 1 is 1.44 bits per heavy atom. The minimum absolute atomic E-state index is 0.103. The highest BCUT2D eigenvalue weighted by Gasteiger charge is 2.36. The van der Waals surface area contributed by atoms with E-state index in [4.69, 9.17) is 4.74 Å². The first-order chi connectivity index (χ1) is 12.7. The molecule has 1 saturated heterocycles. The van der Waals surface area contributed by atoms with Crippen LogP contribution in [0.5, 0.6) is 0 Å². The predicted molar refractivity (Wildman–Crippen MR) is 111 cm³/mol. The van der Waals surface area contributed by atoms with Gasteiger partial charge in [0.15, 0.2) is 0 Å². The molecule has 1 aliphatic heterocycles. The van der Waals surface area contributed by atoms with Gasteiger partial charge in [-0.05, 0) is 36.1 Å². The van der Waals surface area contributed by atoms with Crippen LogP contribution in [0.4, 0.5) is 4.39 Å². The fourth-order valence-electron chi connectivity index (χ4n) is 2.59. The molecule has 1 amide bonds. The number of carbonyl (C=O) groups is 2. The molecule has 0 saturated carbocycles. The monoisotopic (exact) mass is 409 g/mol. The lowest BCUT2D eigenvalue weighted by Gasteiger charge is -2.19. The van der Waals surface area contributed by atoms with Crippen LogP contribution < -0.4 is 0 Å². The number of thioether (sulfide) groups is 1. The first-order valence-corrected chi connectivity index (χ1v) is 10.1. The van der Waals surface area contributed by atoms with Gasteiger partial charge in [0.25, 0.3) is 5.91 Å². The third kappa shape index (κ3) is 5.62. The summed E-state index contributed by atoms with van der Waals surface area (Å²) >= 11 is 5.74.